The number of carbonyl (C=O) groups is 1. The zero-order valence-electron chi connectivity index (χ0n) is 17.5. The monoisotopic (exact) mass is 448 g/mol. The first-order chi connectivity index (χ1) is 15.5. The number of fused-ring (bicyclic) bond motifs is 1. The summed E-state index contributed by atoms with van der Waals surface area (Å²) in [6, 6.07) is 15.8. The highest BCUT2D eigenvalue weighted by Gasteiger charge is 2.26. The van der Waals surface area contributed by atoms with Crippen LogP contribution in [-0.4, -0.2) is 30.7 Å². The zero-order valence-corrected chi connectivity index (χ0v) is 18.3. The molecule has 164 valence electrons. The fourth-order valence-electron chi connectivity index (χ4n) is 3.91. The molecule has 0 saturated heterocycles. The van der Waals surface area contributed by atoms with Crippen LogP contribution in [0.2, 0.25) is 0 Å². The molecule has 32 heavy (non-hydrogen) atoms. The van der Waals surface area contributed by atoms with Gasteiger partial charge in [-0.25, -0.2) is 8.42 Å². The Morgan fingerprint density at radius 3 is 2.62 bits per heavy atom. The molecule has 4 rings (SSSR count). The molecule has 2 aromatic carbocycles. The minimum atomic E-state index is -3.69. The molecular weight excluding hydrogens is 424 g/mol. The van der Waals surface area contributed by atoms with Gasteiger partial charge in [0.05, 0.1) is 30.2 Å². The Kier molecular flexibility index (Phi) is 6.40. The molecule has 1 aromatic heterocycles. The number of nitrogens with zero attached hydrogens (tertiary/aromatic N) is 2. The number of benzene rings is 2. The molecular formula is C24H24N4O3S. The lowest BCUT2D eigenvalue weighted by molar-refractivity contribution is 0.0932. The second-order valence-electron chi connectivity index (χ2n) is 7.66. The highest BCUT2D eigenvalue weighted by Crippen LogP contribution is 2.30. The number of aromatic nitrogens is 2. The second-order valence-corrected chi connectivity index (χ2v) is 9.43. The molecule has 8 heteroatoms. The van der Waals surface area contributed by atoms with Crippen LogP contribution in [0.1, 0.15) is 46.1 Å². The van der Waals surface area contributed by atoms with Crippen molar-refractivity contribution in [1.82, 2.24) is 19.8 Å². The van der Waals surface area contributed by atoms with Crippen molar-refractivity contribution in [2.24, 2.45) is 0 Å². The molecule has 1 heterocycles. The van der Waals surface area contributed by atoms with Crippen LogP contribution < -0.4 is 10.0 Å². The number of nitrogens with one attached hydrogen (secondary N) is 2. The van der Waals surface area contributed by atoms with E-state index in [-0.39, 0.29) is 23.4 Å². The Labute approximate surface area is 187 Å². The van der Waals surface area contributed by atoms with Crippen LogP contribution in [0, 0.1) is 12.3 Å². The Morgan fingerprint density at radius 1 is 1.16 bits per heavy atom. The summed E-state index contributed by atoms with van der Waals surface area (Å²) in [6.45, 7) is 0.604. The lowest BCUT2D eigenvalue weighted by Crippen LogP contribution is -2.31. The van der Waals surface area contributed by atoms with E-state index in [1.54, 1.807) is 0 Å². The number of sulfonamides is 1. The van der Waals surface area contributed by atoms with E-state index in [0.717, 1.165) is 30.5 Å². The number of rotatable bonds is 7. The van der Waals surface area contributed by atoms with Gasteiger partial charge in [0.1, 0.15) is 0 Å². The molecule has 1 amide bonds. The molecule has 1 aliphatic rings. The van der Waals surface area contributed by atoms with Crippen molar-refractivity contribution in [3.05, 3.63) is 83.2 Å². The highest BCUT2D eigenvalue weighted by molar-refractivity contribution is 7.89. The maximum atomic E-state index is 12.8. The summed E-state index contributed by atoms with van der Waals surface area (Å²) < 4.78 is 28.6. The fraction of sp³-hybridized carbons (Fsp3) is 0.250. The first-order valence-electron chi connectivity index (χ1n) is 10.4. The summed E-state index contributed by atoms with van der Waals surface area (Å²) in [5, 5.41) is 7.64. The van der Waals surface area contributed by atoms with E-state index < -0.39 is 10.0 Å². The van der Waals surface area contributed by atoms with Gasteiger partial charge in [0, 0.05) is 16.8 Å². The Balaban J connectivity index is 1.46. The van der Waals surface area contributed by atoms with Crippen molar-refractivity contribution < 1.29 is 13.2 Å². The summed E-state index contributed by atoms with van der Waals surface area (Å²) >= 11 is 0. The second kappa shape index (κ2) is 9.39. The topological polar surface area (TPSA) is 93.1 Å². The summed E-state index contributed by atoms with van der Waals surface area (Å²) in [4.78, 5) is 12.9. The van der Waals surface area contributed by atoms with Gasteiger partial charge in [0.15, 0.2) is 0 Å². The molecule has 1 atom stereocenters. The van der Waals surface area contributed by atoms with Crippen molar-refractivity contribution in [2.45, 2.75) is 36.7 Å². The summed E-state index contributed by atoms with van der Waals surface area (Å²) in [5.41, 5.74) is 3.76. The first kappa shape index (κ1) is 21.8. The summed E-state index contributed by atoms with van der Waals surface area (Å²) in [6.07, 6.45) is 9.66. The van der Waals surface area contributed by atoms with E-state index >= 15 is 0 Å². The largest absolute Gasteiger partial charge is 0.345 e. The highest BCUT2D eigenvalue weighted by atomic mass is 32.2. The number of carbonyl (C=O) groups excluding carboxylic acids is 1. The van der Waals surface area contributed by atoms with Gasteiger partial charge >= 0.3 is 0 Å². The Hall–Kier alpha value is -3.41. The van der Waals surface area contributed by atoms with Gasteiger partial charge < -0.3 is 5.32 Å². The molecule has 0 saturated carbocycles. The average Bonchev–Trinajstić information content (AvgIpc) is 3.22. The van der Waals surface area contributed by atoms with Gasteiger partial charge in [0.2, 0.25) is 10.0 Å². The number of amides is 1. The maximum Gasteiger partial charge on any atom is 0.251 e. The third kappa shape index (κ3) is 4.74. The summed E-state index contributed by atoms with van der Waals surface area (Å²) in [5.74, 6) is 1.98. The first-order valence-corrected chi connectivity index (χ1v) is 11.9. The number of hydrogen-bond donors (Lipinski definition) is 2. The molecule has 7 nitrogen and oxygen atoms in total. The molecule has 2 N–H and O–H groups in total. The van der Waals surface area contributed by atoms with E-state index in [9.17, 15) is 13.2 Å². The van der Waals surface area contributed by atoms with Gasteiger partial charge in [-0.15, -0.1) is 6.42 Å². The van der Waals surface area contributed by atoms with Crippen LogP contribution >= 0.6 is 0 Å². The minimum Gasteiger partial charge on any atom is -0.345 e. The van der Waals surface area contributed by atoms with Crippen molar-refractivity contribution in [1.29, 1.82) is 0 Å². The van der Waals surface area contributed by atoms with Gasteiger partial charge in [-0.1, -0.05) is 36.3 Å². The molecule has 1 unspecified atom stereocenters. The van der Waals surface area contributed by atoms with Gasteiger partial charge in [-0.05, 0) is 49.1 Å². The van der Waals surface area contributed by atoms with Crippen LogP contribution in [0.15, 0.2) is 65.7 Å². The van der Waals surface area contributed by atoms with Crippen LogP contribution in [0.4, 0.5) is 0 Å². The normalized spacial score (nSPS) is 15.5. The molecule has 0 aliphatic heterocycles. The number of terminal acetylenes is 1. The smallest absolute Gasteiger partial charge is 0.251 e. The van der Waals surface area contributed by atoms with E-state index in [4.69, 9.17) is 6.42 Å². The lowest BCUT2D eigenvalue weighted by Gasteiger charge is -2.24. The molecule has 0 bridgehead atoms. The molecule has 3 aromatic rings. The minimum absolute atomic E-state index is 0.0615. The van der Waals surface area contributed by atoms with E-state index in [1.165, 1.54) is 29.8 Å². The van der Waals surface area contributed by atoms with Crippen molar-refractivity contribution in [2.75, 3.05) is 6.54 Å². The predicted octanol–water partition coefficient (Wildman–Crippen LogP) is 2.65. The Morgan fingerprint density at radius 2 is 1.91 bits per heavy atom. The lowest BCUT2D eigenvalue weighted by atomic mass is 9.92. The molecule has 0 fully saturated rings. The Bertz CT molecular complexity index is 1240. The van der Waals surface area contributed by atoms with Crippen molar-refractivity contribution in [3.63, 3.8) is 0 Å². The molecule has 0 radical (unpaired) electrons. The molecule has 1 aliphatic carbocycles. The van der Waals surface area contributed by atoms with Crippen LogP contribution in [0.3, 0.4) is 0 Å². The van der Waals surface area contributed by atoms with Crippen molar-refractivity contribution in [3.8, 4) is 12.3 Å². The van der Waals surface area contributed by atoms with Gasteiger partial charge in [-0.2, -0.15) is 9.82 Å². The quantitative estimate of drug-likeness (QED) is 0.544. The van der Waals surface area contributed by atoms with Crippen LogP contribution in [-0.2, 0) is 23.0 Å². The van der Waals surface area contributed by atoms with E-state index in [1.807, 2.05) is 29.1 Å². The third-order valence-corrected chi connectivity index (χ3v) is 6.95. The molecule has 0 spiro atoms. The van der Waals surface area contributed by atoms with Gasteiger partial charge in [0.25, 0.3) is 5.91 Å². The predicted molar refractivity (Wildman–Crippen MR) is 121 cm³/mol. The maximum absolute atomic E-state index is 12.8. The van der Waals surface area contributed by atoms with E-state index in [2.05, 4.69) is 33.2 Å². The third-order valence-electron chi connectivity index (χ3n) is 5.53. The fourth-order valence-corrected chi connectivity index (χ4v) is 4.84. The van der Waals surface area contributed by atoms with Crippen LogP contribution in [0.25, 0.3) is 0 Å². The average molecular weight is 449 g/mol. The van der Waals surface area contributed by atoms with Crippen molar-refractivity contribution >= 4 is 15.9 Å². The van der Waals surface area contributed by atoms with E-state index in [0.29, 0.717) is 12.1 Å². The van der Waals surface area contributed by atoms with Gasteiger partial charge in [-0.3, -0.25) is 9.48 Å². The van der Waals surface area contributed by atoms with Crippen LogP contribution in [0.5, 0.6) is 0 Å². The summed E-state index contributed by atoms with van der Waals surface area (Å²) in [7, 11) is -3.69. The SMILES string of the molecule is C#CCNS(=O)(=O)c1ccc(C(=O)NC2CCCc3c2cnn3Cc2ccccc2)cc1. The number of hydrogen-bond acceptors (Lipinski definition) is 4. The zero-order chi connectivity index (χ0) is 22.6. The standard InChI is InChI=1S/C24H24N4O3S/c1-2-15-26-32(30,31)20-13-11-19(12-14-20)24(29)27-22-9-6-10-23-21(22)16-25-28(23)17-18-7-4-3-5-8-18/h1,3-5,7-8,11-14,16,22,26H,6,9-10,15,17H2,(H,27,29).